The van der Waals surface area contributed by atoms with E-state index in [0.717, 1.165) is 47.2 Å². The fraction of sp³-hybridized carbons (Fsp3) is 0.433. The highest BCUT2D eigenvalue weighted by Gasteiger charge is 2.40. The molecular weight excluding hydrogens is 502 g/mol. The Balaban J connectivity index is 1.10. The largest absolute Gasteiger partial charge is 0.383 e. The van der Waals surface area contributed by atoms with Crippen LogP contribution in [0.25, 0.3) is 22.3 Å². The molecule has 1 aromatic carbocycles. The summed E-state index contributed by atoms with van der Waals surface area (Å²) in [5, 5.41) is 8.77. The molecule has 3 N–H and O–H groups in total. The zero-order valence-corrected chi connectivity index (χ0v) is 22.8. The second-order valence-corrected chi connectivity index (χ2v) is 11.5. The summed E-state index contributed by atoms with van der Waals surface area (Å²) in [5.41, 5.74) is 9.90. The van der Waals surface area contributed by atoms with Gasteiger partial charge in [-0.25, -0.2) is 14.6 Å². The smallest absolute Gasteiger partial charge is 0.274 e. The number of benzene rings is 1. The number of likely N-dealkylation sites (N-methyl/N-ethyl adjacent to an activating group) is 1. The number of nitrogens with one attached hydrogen (secondary N) is 1. The summed E-state index contributed by atoms with van der Waals surface area (Å²) in [6.45, 7) is 2.42. The Morgan fingerprint density at radius 1 is 0.875 bits per heavy atom. The van der Waals surface area contributed by atoms with E-state index >= 15 is 0 Å². The standard InChI is InChI=1S/C30H35N9O/c1-37-23-13-14-24(37)17-38(16-23)21-9-11-22(12-10-21)39-29-26(28(31)33-18-34-29)27(36-39)19-5-7-20(8-6-19)35-30(40)25-4-2-3-15-32-25/h2-8,15,18,21-24H,9-14,16-17H2,1H3,(H,35,40)(H2,31,33,34). The number of nitrogens with zero attached hydrogens (tertiary/aromatic N) is 7. The predicted octanol–water partition coefficient (Wildman–Crippen LogP) is 3.98. The average molecular weight is 538 g/mol. The van der Waals surface area contributed by atoms with E-state index in [1.807, 2.05) is 24.3 Å². The first kappa shape index (κ1) is 25.1. The number of hydrogen-bond donors (Lipinski definition) is 2. The van der Waals surface area contributed by atoms with Crippen LogP contribution in [0.2, 0.25) is 0 Å². The Hall–Kier alpha value is -3.89. The monoisotopic (exact) mass is 537 g/mol. The number of amides is 1. The van der Waals surface area contributed by atoms with Crippen LogP contribution in [-0.2, 0) is 0 Å². The molecule has 2 unspecified atom stereocenters. The molecule has 4 aromatic rings. The van der Waals surface area contributed by atoms with Crippen LogP contribution in [0.15, 0.2) is 55.0 Å². The van der Waals surface area contributed by atoms with Crippen LogP contribution in [0.3, 0.4) is 0 Å². The van der Waals surface area contributed by atoms with Gasteiger partial charge in [-0.05, 0) is 69.8 Å². The Morgan fingerprint density at radius 2 is 1.57 bits per heavy atom. The predicted molar refractivity (Wildman–Crippen MR) is 155 cm³/mol. The molecule has 1 amide bonds. The molecule has 3 aliphatic rings. The molecule has 0 radical (unpaired) electrons. The van der Waals surface area contributed by atoms with Gasteiger partial charge in [0.2, 0.25) is 0 Å². The van der Waals surface area contributed by atoms with Crippen molar-refractivity contribution in [2.75, 3.05) is 31.2 Å². The number of pyridine rings is 1. The van der Waals surface area contributed by atoms with Crippen molar-refractivity contribution < 1.29 is 4.79 Å². The van der Waals surface area contributed by atoms with Crippen LogP contribution >= 0.6 is 0 Å². The molecule has 2 atom stereocenters. The molecule has 1 saturated carbocycles. The quantitative estimate of drug-likeness (QED) is 0.393. The lowest BCUT2D eigenvalue weighted by atomic mass is 9.89. The lowest BCUT2D eigenvalue weighted by molar-refractivity contribution is 0.0393. The first-order valence-corrected chi connectivity index (χ1v) is 14.3. The Kier molecular flexibility index (Phi) is 6.44. The number of rotatable bonds is 5. The van der Waals surface area contributed by atoms with Gasteiger partial charge in [-0.2, -0.15) is 5.10 Å². The van der Waals surface area contributed by atoms with E-state index in [-0.39, 0.29) is 11.9 Å². The second-order valence-electron chi connectivity index (χ2n) is 11.5. The van der Waals surface area contributed by atoms with Gasteiger partial charge in [0, 0.05) is 48.7 Å². The molecule has 0 spiro atoms. The fourth-order valence-corrected chi connectivity index (χ4v) is 6.97. The molecule has 3 fully saturated rings. The summed E-state index contributed by atoms with van der Waals surface area (Å²) in [7, 11) is 2.30. The van der Waals surface area contributed by atoms with E-state index in [9.17, 15) is 4.79 Å². The highest BCUT2D eigenvalue weighted by molar-refractivity contribution is 6.03. The lowest BCUT2D eigenvalue weighted by Crippen LogP contribution is -2.55. The van der Waals surface area contributed by atoms with E-state index < -0.39 is 0 Å². The zero-order chi connectivity index (χ0) is 27.2. The maximum atomic E-state index is 12.5. The molecule has 3 aromatic heterocycles. The van der Waals surface area contributed by atoms with Gasteiger partial charge in [0.15, 0.2) is 5.65 Å². The SMILES string of the molecule is CN1C2CCC1CN(C1CCC(n3nc(-c4ccc(NC(=O)c5ccccn5)cc4)c4c(N)ncnc43)CC1)C2. The molecular formula is C30H35N9O. The Labute approximate surface area is 233 Å². The van der Waals surface area contributed by atoms with Crippen molar-refractivity contribution in [2.45, 2.75) is 62.7 Å². The van der Waals surface area contributed by atoms with Gasteiger partial charge >= 0.3 is 0 Å². The maximum Gasteiger partial charge on any atom is 0.274 e. The first-order chi connectivity index (χ1) is 19.5. The van der Waals surface area contributed by atoms with Crippen LogP contribution in [-0.4, -0.2) is 78.7 Å². The van der Waals surface area contributed by atoms with Gasteiger partial charge in [0.05, 0.1) is 11.4 Å². The summed E-state index contributed by atoms with van der Waals surface area (Å²) in [6, 6.07) is 15.3. The summed E-state index contributed by atoms with van der Waals surface area (Å²) in [5.74, 6) is 0.181. The number of nitrogen functional groups attached to an aromatic ring is 1. The van der Waals surface area contributed by atoms with Crippen molar-refractivity contribution in [3.8, 4) is 11.3 Å². The molecule has 1 aliphatic carbocycles. The van der Waals surface area contributed by atoms with Gasteiger partial charge in [-0.3, -0.25) is 19.6 Å². The lowest BCUT2D eigenvalue weighted by Gasteiger charge is -2.44. The van der Waals surface area contributed by atoms with Gasteiger partial charge in [-0.15, -0.1) is 0 Å². The summed E-state index contributed by atoms with van der Waals surface area (Å²) in [6.07, 6.45) is 10.3. The van der Waals surface area contributed by atoms with Crippen molar-refractivity contribution in [1.29, 1.82) is 0 Å². The van der Waals surface area contributed by atoms with E-state index in [1.165, 1.54) is 45.1 Å². The minimum absolute atomic E-state index is 0.249. The summed E-state index contributed by atoms with van der Waals surface area (Å²) < 4.78 is 2.09. The minimum atomic E-state index is -0.249. The van der Waals surface area contributed by atoms with Crippen LogP contribution in [0.4, 0.5) is 11.5 Å². The Bertz CT molecular complexity index is 1500. The third-order valence-corrected chi connectivity index (χ3v) is 9.24. The minimum Gasteiger partial charge on any atom is -0.383 e. The van der Waals surface area contributed by atoms with Crippen LogP contribution < -0.4 is 11.1 Å². The molecule has 10 nitrogen and oxygen atoms in total. The van der Waals surface area contributed by atoms with Gasteiger partial charge < -0.3 is 11.1 Å². The normalized spacial score (nSPS) is 25.3. The zero-order valence-electron chi connectivity index (χ0n) is 22.8. The number of anilines is 2. The molecule has 2 aliphatic heterocycles. The number of hydrogen-bond acceptors (Lipinski definition) is 8. The molecule has 7 rings (SSSR count). The summed E-state index contributed by atoms with van der Waals surface area (Å²) in [4.78, 5) is 30.9. The Morgan fingerprint density at radius 3 is 2.27 bits per heavy atom. The first-order valence-electron chi connectivity index (χ1n) is 14.3. The summed E-state index contributed by atoms with van der Waals surface area (Å²) >= 11 is 0. The van der Waals surface area contributed by atoms with E-state index in [0.29, 0.717) is 23.2 Å². The second kappa shape index (κ2) is 10.3. The average Bonchev–Trinajstić information content (AvgIpc) is 3.46. The molecule has 40 heavy (non-hydrogen) atoms. The van der Waals surface area contributed by atoms with Crippen molar-refractivity contribution >= 4 is 28.4 Å². The van der Waals surface area contributed by atoms with Crippen molar-refractivity contribution in [3.63, 3.8) is 0 Å². The van der Waals surface area contributed by atoms with E-state index in [4.69, 9.17) is 10.8 Å². The highest BCUT2D eigenvalue weighted by Crippen LogP contribution is 2.39. The molecule has 2 saturated heterocycles. The number of nitrogens with two attached hydrogens (primary N) is 1. The third-order valence-electron chi connectivity index (χ3n) is 9.24. The molecule has 2 bridgehead atoms. The molecule has 10 heteroatoms. The van der Waals surface area contributed by atoms with Crippen LogP contribution in [0.5, 0.6) is 0 Å². The van der Waals surface area contributed by atoms with Crippen molar-refractivity contribution in [1.82, 2.24) is 34.5 Å². The van der Waals surface area contributed by atoms with Gasteiger partial charge in [0.25, 0.3) is 5.91 Å². The topological polar surface area (TPSA) is 118 Å². The number of carbonyl (C=O) groups excluding carboxylic acids is 1. The third kappa shape index (κ3) is 4.50. The highest BCUT2D eigenvalue weighted by atomic mass is 16.1. The number of piperazine rings is 1. The molecule has 206 valence electrons. The van der Waals surface area contributed by atoms with Crippen LogP contribution in [0, 0.1) is 0 Å². The number of carbonyl (C=O) groups is 1. The van der Waals surface area contributed by atoms with E-state index in [2.05, 4.69) is 41.8 Å². The van der Waals surface area contributed by atoms with Gasteiger partial charge in [0.1, 0.15) is 23.5 Å². The number of fused-ring (bicyclic) bond motifs is 3. The van der Waals surface area contributed by atoms with Crippen molar-refractivity contribution in [2.24, 2.45) is 0 Å². The van der Waals surface area contributed by atoms with Crippen LogP contribution in [0.1, 0.15) is 55.1 Å². The van der Waals surface area contributed by atoms with Gasteiger partial charge in [-0.1, -0.05) is 18.2 Å². The van der Waals surface area contributed by atoms with Crippen molar-refractivity contribution in [3.05, 3.63) is 60.7 Å². The fourth-order valence-electron chi connectivity index (χ4n) is 6.97. The molecule has 5 heterocycles. The van der Waals surface area contributed by atoms with E-state index in [1.54, 1.807) is 24.4 Å². The maximum absolute atomic E-state index is 12.5. The number of aromatic nitrogens is 5. The number of likely N-dealkylation sites (tertiary alicyclic amines) is 1.